The first-order chi connectivity index (χ1) is 10.0. The van der Waals surface area contributed by atoms with Gasteiger partial charge in [-0.1, -0.05) is 49.4 Å². The van der Waals surface area contributed by atoms with Crippen LogP contribution in [0.4, 0.5) is 4.79 Å². The molecule has 0 fully saturated rings. The number of carbonyl (C=O) groups is 1. The Morgan fingerprint density at radius 2 is 1.90 bits per heavy atom. The van der Waals surface area contributed by atoms with Crippen LogP contribution in [-0.2, 0) is 10.0 Å². The molecule has 1 aromatic carbocycles. The molecule has 0 atom stereocenters. The maximum Gasteiger partial charge on any atom is 0.315 e. The monoisotopic (exact) mass is 311 g/mol. The Bertz CT molecular complexity index is 556. The molecular weight excluding hydrogens is 290 g/mol. The lowest BCUT2D eigenvalue weighted by Gasteiger charge is -2.07. The summed E-state index contributed by atoms with van der Waals surface area (Å²) in [5.74, 6) is -0.131. The Labute approximate surface area is 125 Å². The Morgan fingerprint density at radius 1 is 1.19 bits per heavy atom. The predicted molar refractivity (Wildman–Crippen MR) is 84.3 cm³/mol. The second kappa shape index (κ2) is 9.15. The van der Waals surface area contributed by atoms with E-state index in [2.05, 4.69) is 15.4 Å². The van der Waals surface area contributed by atoms with E-state index in [1.807, 2.05) is 42.5 Å². The number of amides is 2. The van der Waals surface area contributed by atoms with Gasteiger partial charge in [0, 0.05) is 19.6 Å². The fourth-order valence-corrected chi connectivity index (χ4v) is 2.52. The van der Waals surface area contributed by atoms with Gasteiger partial charge >= 0.3 is 6.03 Å². The molecule has 0 bridgehead atoms. The molecule has 0 spiro atoms. The van der Waals surface area contributed by atoms with E-state index in [9.17, 15) is 13.2 Å². The summed E-state index contributed by atoms with van der Waals surface area (Å²) in [7, 11) is -3.29. The summed E-state index contributed by atoms with van der Waals surface area (Å²) in [4.78, 5) is 11.4. The first-order valence-corrected chi connectivity index (χ1v) is 8.39. The first kappa shape index (κ1) is 17.2. The fourth-order valence-electron chi connectivity index (χ4n) is 1.56. The molecule has 6 nitrogen and oxygen atoms in total. The molecule has 0 saturated heterocycles. The smallest absolute Gasteiger partial charge is 0.315 e. The van der Waals surface area contributed by atoms with Gasteiger partial charge in [-0.2, -0.15) is 0 Å². The van der Waals surface area contributed by atoms with Crippen molar-refractivity contribution in [1.82, 2.24) is 15.4 Å². The van der Waals surface area contributed by atoms with Gasteiger partial charge in [-0.3, -0.25) is 0 Å². The minimum absolute atomic E-state index is 0.0730. The quantitative estimate of drug-likeness (QED) is 0.667. The van der Waals surface area contributed by atoms with E-state index in [-0.39, 0.29) is 18.3 Å². The van der Waals surface area contributed by atoms with Crippen LogP contribution in [0.5, 0.6) is 0 Å². The molecule has 3 N–H and O–H groups in total. The van der Waals surface area contributed by atoms with Crippen molar-refractivity contribution in [2.75, 3.05) is 25.4 Å². The predicted octanol–water partition coefficient (Wildman–Crippen LogP) is 0.938. The number of hydrogen-bond donors (Lipinski definition) is 3. The number of sulfonamides is 1. The second-order valence-corrected chi connectivity index (χ2v) is 6.19. The van der Waals surface area contributed by atoms with Crippen LogP contribution in [0, 0.1) is 0 Å². The zero-order valence-electron chi connectivity index (χ0n) is 12.0. The molecule has 7 heteroatoms. The van der Waals surface area contributed by atoms with Gasteiger partial charge in [-0.15, -0.1) is 0 Å². The molecule has 116 valence electrons. The van der Waals surface area contributed by atoms with E-state index in [0.29, 0.717) is 13.1 Å². The van der Waals surface area contributed by atoms with Crippen LogP contribution in [-0.4, -0.2) is 39.8 Å². The summed E-state index contributed by atoms with van der Waals surface area (Å²) >= 11 is 0. The maximum atomic E-state index is 11.4. The number of hydrogen-bond acceptors (Lipinski definition) is 3. The maximum absolute atomic E-state index is 11.4. The topological polar surface area (TPSA) is 87.3 Å². The largest absolute Gasteiger partial charge is 0.337 e. The van der Waals surface area contributed by atoms with Crippen molar-refractivity contribution in [2.24, 2.45) is 0 Å². The van der Waals surface area contributed by atoms with Crippen LogP contribution >= 0.6 is 0 Å². The van der Waals surface area contributed by atoms with Crippen molar-refractivity contribution in [3.63, 3.8) is 0 Å². The highest BCUT2D eigenvalue weighted by Crippen LogP contribution is 1.99. The van der Waals surface area contributed by atoms with Crippen LogP contribution in [0.3, 0.4) is 0 Å². The van der Waals surface area contributed by atoms with Crippen LogP contribution in [0.15, 0.2) is 36.4 Å². The number of benzene rings is 1. The molecule has 0 aliphatic heterocycles. The summed E-state index contributed by atoms with van der Waals surface area (Å²) in [6.45, 7) is 2.50. The lowest BCUT2D eigenvalue weighted by Crippen LogP contribution is -2.39. The van der Waals surface area contributed by atoms with Crippen LogP contribution in [0.1, 0.15) is 12.5 Å². The first-order valence-electron chi connectivity index (χ1n) is 6.74. The number of rotatable bonds is 8. The molecule has 1 aromatic rings. The Balaban J connectivity index is 2.19. The van der Waals surface area contributed by atoms with Gasteiger partial charge in [0.15, 0.2) is 0 Å². The molecular formula is C14H21N3O3S. The van der Waals surface area contributed by atoms with Gasteiger partial charge in [-0.25, -0.2) is 17.9 Å². The van der Waals surface area contributed by atoms with E-state index in [0.717, 1.165) is 5.56 Å². The average Bonchev–Trinajstić information content (AvgIpc) is 2.44. The van der Waals surface area contributed by atoms with Gasteiger partial charge in [0.25, 0.3) is 0 Å². The number of carbonyl (C=O) groups excluding carboxylic acids is 1. The highest BCUT2D eigenvalue weighted by Gasteiger charge is 2.08. The number of urea groups is 1. The SMILES string of the molecule is CCNS(=O)(=O)CCNC(=O)NC/C=C/c1ccccc1. The molecule has 1 rings (SSSR count). The zero-order chi connectivity index (χ0) is 15.6. The van der Waals surface area contributed by atoms with Gasteiger partial charge in [0.1, 0.15) is 0 Å². The molecule has 0 aliphatic rings. The molecule has 0 heterocycles. The molecule has 0 aliphatic carbocycles. The molecule has 2 amide bonds. The van der Waals surface area contributed by atoms with Gasteiger partial charge in [-0.05, 0) is 5.56 Å². The van der Waals surface area contributed by atoms with Crippen molar-refractivity contribution in [1.29, 1.82) is 0 Å². The van der Waals surface area contributed by atoms with E-state index in [1.54, 1.807) is 6.92 Å². The van der Waals surface area contributed by atoms with Crippen LogP contribution in [0.2, 0.25) is 0 Å². The zero-order valence-corrected chi connectivity index (χ0v) is 12.8. The minimum Gasteiger partial charge on any atom is -0.337 e. The summed E-state index contributed by atoms with van der Waals surface area (Å²) in [6.07, 6.45) is 3.72. The highest BCUT2D eigenvalue weighted by atomic mass is 32.2. The Hall–Kier alpha value is -1.86. The van der Waals surface area contributed by atoms with E-state index >= 15 is 0 Å². The van der Waals surface area contributed by atoms with Crippen molar-refractivity contribution in [3.05, 3.63) is 42.0 Å². The summed E-state index contributed by atoms with van der Waals surface area (Å²) in [5.41, 5.74) is 1.05. The lowest BCUT2D eigenvalue weighted by molar-refractivity contribution is 0.242. The van der Waals surface area contributed by atoms with Gasteiger partial charge in [0.05, 0.1) is 5.75 Å². The van der Waals surface area contributed by atoms with Crippen LogP contribution < -0.4 is 15.4 Å². The number of nitrogens with one attached hydrogen (secondary N) is 3. The van der Waals surface area contributed by atoms with Crippen molar-refractivity contribution in [3.8, 4) is 0 Å². The molecule has 0 radical (unpaired) electrons. The third-order valence-corrected chi connectivity index (χ3v) is 3.98. The van der Waals surface area contributed by atoms with E-state index in [1.165, 1.54) is 0 Å². The Morgan fingerprint density at radius 3 is 2.57 bits per heavy atom. The highest BCUT2D eigenvalue weighted by molar-refractivity contribution is 7.89. The molecule has 0 saturated carbocycles. The van der Waals surface area contributed by atoms with Gasteiger partial charge < -0.3 is 10.6 Å². The van der Waals surface area contributed by atoms with Crippen molar-refractivity contribution in [2.45, 2.75) is 6.92 Å². The van der Waals surface area contributed by atoms with Crippen molar-refractivity contribution < 1.29 is 13.2 Å². The third kappa shape index (κ3) is 8.11. The second-order valence-electron chi connectivity index (χ2n) is 4.27. The van der Waals surface area contributed by atoms with Gasteiger partial charge in [0.2, 0.25) is 10.0 Å². The summed E-state index contributed by atoms with van der Waals surface area (Å²) in [5, 5.41) is 5.11. The fraction of sp³-hybridized carbons (Fsp3) is 0.357. The normalized spacial score (nSPS) is 11.5. The van der Waals surface area contributed by atoms with E-state index < -0.39 is 10.0 Å². The molecule has 0 aromatic heterocycles. The average molecular weight is 311 g/mol. The minimum atomic E-state index is -3.29. The lowest BCUT2D eigenvalue weighted by atomic mass is 10.2. The molecule has 0 unspecified atom stereocenters. The third-order valence-electron chi connectivity index (χ3n) is 2.51. The Kier molecular flexibility index (Phi) is 7.49. The van der Waals surface area contributed by atoms with Crippen LogP contribution in [0.25, 0.3) is 6.08 Å². The summed E-state index contributed by atoms with van der Waals surface area (Å²) < 4.78 is 25.0. The standard InChI is InChI=1S/C14H21N3O3S/c1-2-17-21(19,20)12-11-16-14(18)15-10-6-9-13-7-4-3-5-8-13/h3-9,17H,2,10-12H2,1H3,(H2,15,16,18)/b9-6+. The summed E-state index contributed by atoms with van der Waals surface area (Å²) in [6, 6.07) is 9.34. The molecule has 21 heavy (non-hydrogen) atoms. The van der Waals surface area contributed by atoms with Crippen molar-refractivity contribution >= 4 is 22.1 Å². The van der Waals surface area contributed by atoms with E-state index in [4.69, 9.17) is 0 Å².